The minimum atomic E-state index is -0.208. The van der Waals surface area contributed by atoms with Crippen molar-refractivity contribution >= 4 is 5.91 Å². The van der Waals surface area contributed by atoms with E-state index >= 15 is 0 Å². The van der Waals surface area contributed by atoms with E-state index in [2.05, 4.69) is 29.6 Å². The molecule has 23 heavy (non-hydrogen) atoms. The van der Waals surface area contributed by atoms with Crippen LogP contribution in [0.25, 0.3) is 0 Å². The number of carbonyl (C=O) groups excluding carboxylic acids is 1. The molecule has 1 aliphatic rings. The van der Waals surface area contributed by atoms with Crippen molar-refractivity contribution < 1.29 is 14.1 Å². The lowest BCUT2D eigenvalue weighted by atomic mass is 10.00. The van der Waals surface area contributed by atoms with E-state index in [1.165, 1.54) is 22.1 Å². The first-order valence-corrected chi connectivity index (χ1v) is 8.13. The molecule has 0 radical (unpaired) electrons. The highest BCUT2D eigenvalue weighted by Gasteiger charge is 2.21. The third-order valence-electron chi connectivity index (χ3n) is 4.39. The molecule has 0 saturated carbocycles. The average Bonchev–Trinajstić information content (AvgIpc) is 2.56. The summed E-state index contributed by atoms with van der Waals surface area (Å²) in [5.74, 6) is -0.171. The number of quaternary nitrogens is 1. The maximum absolute atomic E-state index is 13.5. The largest absolute Gasteiger partial charge is 0.351 e. The highest BCUT2D eigenvalue weighted by molar-refractivity contribution is 5.76. The molecule has 0 aromatic heterocycles. The summed E-state index contributed by atoms with van der Waals surface area (Å²) in [5, 5.41) is 2.90. The highest BCUT2D eigenvalue weighted by Crippen LogP contribution is 2.10. The van der Waals surface area contributed by atoms with Gasteiger partial charge in [0.05, 0.1) is 6.54 Å². The molecule has 2 N–H and O–H groups in total. The van der Waals surface area contributed by atoms with Crippen LogP contribution in [-0.2, 0) is 24.2 Å². The molecular formula is C19H22FN2O+. The quantitative estimate of drug-likeness (QED) is 0.852. The van der Waals surface area contributed by atoms with Crippen molar-refractivity contribution in [3.05, 3.63) is 71.0 Å². The van der Waals surface area contributed by atoms with Crippen LogP contribution in [0.5, 0.6) is 0 Å². The van der Waals surface area contributed by atoms with Crippen molar-refractivity contribution in [2.75, 3.05) is 19.6 Å². The number of nitrogens with one attached hydrogen (secondary N) is 2. The Labute approximate surface area is 136 Å². The first kappa shape index (κ1) is 15.7. The Morgan fingerprint density at radius 2 is 1.83 bits per heavy atom. The summed E-state index contributed by atoms with van der Waals surface area (Å²) < 4.78 is 13.5. The second-order valence-corrected chi connectivity index (χ2v) is 6.06. The van der Waals surface area contributed by atoms with Crippen LogP contribution >= 0.6 is 0 Å². The number of amides is 1. The van der Waals surface area contributed by atoms with E-state index in [9.17, 15) is 9.18 Å². The van der Waals surface area contributed by atoms with Crippen molar-refractivity contribution in [3.8, 4) is 0 Å². The number of hydrogen-bond acceptors (Lipinski definition) is 1. The van der Waals surface area contributed by atoms with Gasteiger partial charge in [0, 0.05) is 18.5 Å². The molecule has 0 fully saturated rings. The van der Waals surface area contributed by atoms with Crippen LogP contribution in [0.2, 0.25) is 0 Å². The molecule has 1 amide bonds. The molecule has 0 spiro atoms. The van der Waals surface area contributed by atoms with Crippen molar-refractivity contribution in [2.24, 2.45) is 0 Å². The molecule has 3 rings (SSSR count). The maximum Gasteiger partial charge on any atom is 0.275 e. The van der Waals surface area contributed by atoms with Gasteiger partial charge in [0.1, 0.15) is 12.4 Å². The van der Waals surface area contributed by atoms with E-state index in [1.54, 1.807) is 12.1 Å². The summed E-state index contributed by atoms with van der Waals surface area (Å²) >= 11 is 0. The Morgan fingerprint density at radius 3 is 2.65 bits per heavy atom. The van der Waals surface area contributed by atoms with Gasteiger partial charge < -0.3 is 10.2 Å². The van der Waals surface area contributed by atoms with Crippen LogP contribution in [0.3, 0.4) is 0 Å². The van der Waals surface area contributed by atoms with E-state index in [1.807, 2.05) is 6.07 Å². The van der Waals surface area contributed by atoms with Crippen LogP contribution in [0, 0.1) is 5.82 Å². The van der Waals surface area contributed by atoms with Gasteiger partial charge in [-0.15, -0.1) is 0 Å². The summed E-state index contributed by atoms with van der Waals surface area (Å²) in [5.41, 5.74) is 3.39. The number of hydrogen-bond donors (Lipinski definition) is 2. The molecule has 120 valence electrons. The Kier molecular flexibility index (Phi) is 5.03. The molecule has 1 heterocycles. The third kappa shape index (κ3) is 4.17. The van der Waals surface area contributed by atoms with Gasteiger partial charge in [-0.3, -0.25) is 4.79 Å². The Bertz CT molecular complexity index is 687. The molecule has 3 nitrogen and oxygen atoms in total. The number of carbonyl (C=O) groups is 1. The van der Waals surface area contributed by atoms with Crippen molar-refractivity contribution in [2.45, 2.75) is 19.4 Å². The fourth-order valence-corrected chi connectivity index (χ4v) is 3.12. The number of rotatable bonds is 5. The monoisotopic (exact) mass is 313 g/mol. The van der Waals surface area contributed by atoms with E-state index in [4.69, 9.17) is 0 Å². The van der Waals surface area contributed by atoms with Gasteiger partial charge in [0.25, 0.3) is 5.91 Å². The third-order valence-corrected chi connectivity index (χ3v) is 4.39. The van der Waals surface area contributed by atoms with Crippen LogP contribution in [0.4, 0.5) is 4.39 Å². The summed E-state index contributed by atoms with van der Waals surface area (Å²) in [7, 11) is 0. The standard InChI is InChI=1S/C19H21FN2O/c20-18-8-4-3-6-16(18)9-11-21-19(23)14-22-12-10-15-5-1-2-7-17(15)13-22/h1-8H,9-14H2,(H,21,23)/p+1. The lowest BCUT2D eigenvalue weighted by Gasteiger charge is -2.25. The molecule has 4 heteroatoms. The molecule has 1 unspecified atom stereocenters. The normalized spacial score (nSPS) is 16.7. The molecule has 0 saturated heterocycles. The number of halogens is 1. The number of benzene rings is 2. The molecule has 0 aliphatic carbocycles. The van der Waals surface area contributed by atoms with Crippen molar-refractivity contribution in [3.63, 3.8) is 0 Å². The lowest BCUT2D eigenvalue weighted by Crippen LogP contribution is -3.12. The maximum atomic E-state index is 13.5. The van der Waals surface area contributed by atoms with Gasteiger partial charge >= 0.3 is 0 Å². The predicted molar refractivity (Wildman–Crippen MR) is 87.7 cm³/mol. The fourth-order valence-electron chi connectivity index (χ4n) is 3.12. The molecule has 0 bridgehead atoms. The average molecular weight is 313 g/mol. The molecular weight excluding hydrogens is 291 g/mol. The lowest BCUT2D eigenvalue weighted by molar-refractivity contribution is -0.908. The highest BCUT2D eigenvalue weighted by atomic mass is 19.1. The summed E-state index contributed by atoms with van der Waals surface area (Å²) in [6.07, 6.45) is 1.55. The summed E-state index contributed by atoms with van der Waals surface area (Å²) in [6.45, 7) is 2.84. The van der Waals surface area contributed by atoms with Crippen LogP contribution in [0.1, 0.15) is 16.7 Å². The van der Waals surface area contributed by atoms with Gasteiger partial charge in [0.2, 0.25) is 0 Å². The van der Waals surface area contributed by atoms with Gasteiger partial charge in [-0.2, -0.15) is 0 Å². The van der Waals surface area contributed by atoms with E-state index < -0.39 is 0 Å². The second kappa shape index (κ2) is 7.38. The Balaban J connectivity index is 1.44. The van der Waals surface area contributed by atoms with Crippen LogP contribution in [0.15, 0.2) is 48.5 Å². The predicted octanol–water partition coefficient (Wildman–Crippen LogP) is 1.13. The van der Waals surface area contributed by atoms with Crippen LogP contribution in [-0.4, -0.2) is 25.5 Å². The second-order valence-electron chi connectivity index (χ2n) is 6.06. The SMILES string of the molecule is O=C(C[NH+]1CCc2ccccc2C1)NCCc1ccccc1F. The topological polar surface area (TPSA) is 33.5 Å². The zero-order chi connectivity index (χ0) is 16.1. The van der Waals surface area contributed by atoms with E-state index in [-0.39, 0.29) is 11.7 Å². The van der Waals surface area contributed by atoms with E-state index in [0.29, 0.717) is 25.1 Å². The minimum absolute atomic E-state index is 0.0377. The first-order valence-electron chi connectivity index (χ1n) is 8.13. The summed E-state index contributed by atoms with van der Waals surface area (Å²) in [6, 6.07) is 15.1. The smallest absolute Gasteiger partial charge is 0.275 e. The molecule has 1 atom stereocenters. The van der Waals surface area contributed by atoms with Crippen molar-refractivity contribution in [1.29, 1.82) is 0 Å². The van der Waals surface area contributed by atoms with Gasteiger partial charge in [-0.1, -0.05) is 42.5 Å². The molecule has 2 aromatic rings. The first-order chi connectivity index (χ1) is 11.2. The Morgan fingerprint density at radius 1 is 1.09 bits per heavy atom. The van der Waals surface area contributed by atoms with Gasteiger partial charge in [-0.05, 0) is 23.6 Å². The van der Waals surface area contributed by atoms with Gasteiger partial charge in [0.15, 0.2) is 6.54 Å². The zero-order valence-electron chi connectivity index (χ0n) is 13.1. The fraction of sp³-hybridized carbons (Fsp3) is 0.316. The summed E-state index contributed by atoms with van der Waals surface area (Å²) in [4.78, 5) is 13.4. The molecule has 2 aromatic carbocycles. The van der Waals surface area contributed by atoms with Gasteiger partial charge in [-0.25, -0.2) is 4.39 Å². The zero-order valence-corrected chi connectivity index (χ0v) is 13.1. The van der Waals surface area contributed by atoms with Crippen molar-refractivity contribution in [1.82, 2.24) is 5.32 Å². The molecule has 1 aliphatic heterocycles. The van der Waals surface area contributed by atoms with Crippen LogP contribution < -0.4 is 10.2 Å². The number of fused-ring (bicyclic) bond motifs is 1. The Hall–Kier alpha value is -2.20. The van der Waals surface area contributed by atoms with E-state index in [0.717, 1.165) is 19.5 Å². The minimum Gasteiger partial charge on any atom is -0.351 e.